The summed E-state index contributed by atoms with van der Waals surface area (Å²) in [6, 6.07) is 11.9. The van der Waals surface area contributed by atoms with Crippen LogP contribution in [0.25, 0.3) is 11.7 Å². The first-order valence-electron chi connectivity index (χ1n) is 8.16. The van der Waals surface area contributed by atoms with Crippen LogP contribution < -0.4 is 5.32 Å². The SMILES string of the molecule is Cc1oc(-c2ccco2)nc1CNC1(CO)CCc2ccccc21. The second kappa shape index (κ2) is 5.92. The topological polar surface area (TPSA) is 71.4 Å². The molecule has 0 fully saturated rings. The minimum Gasteiger partial charge on any atom is -0.459 e. The number of hydrogen-bond donors (Lipinski definition) is 2. The maximum Gasteiger partial charge on any atom is 0.263 e. The first-order chi connectivity index (χ1) is 11.7. The van der Waals surface area contributed by atoms with Gasteiger partial charge in [0.2, 0.25) is 0 Å². The predicted molar refractivity (Wildman–Crippen MR) is 89.3 cm³/mol. The van der Waals surface area contributed by atoms with Crippen molar-refractivity contribution >= 4 is 0 Å². The highest BCUT2D eigenvalue weighted by atomic mass is 16.4. The third-order valence-electron chi connectivity index (χ3n) is 4.84. The van der Waals surface area contributed by atoms with Crippen molar-refractivity contribution in [2.45, 2.75) is 31.8 Å². The maximum atomic E-state index is 10.0. The van der Waals surface area contributed by atoms with Crippen LogP contribution in [-0.2, 0) is 18.5 Å². The maximum absolute atomic E-state index is 10.0. The van der Waals surface area contributed by atoms with Crippen molar-refractivity contribution in [3.63, 3.8) is 0 Å². The molecule has 0 aliphatic heterocycles. The van der Waals surface area contributed by atoms with Gasteiger partial charge in [-0.3, -0.25) is 5.32 Å². The minimum atomic E-state index is -0.410. The van der Waals surface area contributed by atoms with E-state index >= 15 is 0 Å². The van der Waals surface area contributed by atoms with E-state index in [2.05, 4.69) is 22.4 Å². The first kappa shape index (κ1) is 15.2. The molecule has 2 N–H and O–H groups in total. The quantitative estimate of drug-likeness (QED) is 0.754. The molecule has 1 atom stereocenters. The smallest absolute Gasteiger partial charge is 0.263 e. The molecule has 1 aliphatic carbocycles. The largest absolute Gasteiger partial charge is 0.459 e. The van der Waals surface area contributed by atoms with Crippen molar-refractivity contribution in [3.05, 3.63) is 65.2 Å². The Morgan fingerprint density at radius 1 is 1.25 bits per heavy atom. The number of aliphatic hydroxyl groups excluding tert-OH is 1. The molecule has 1 aliphatic rings. The fourth-order valence-corrected chi connectivity index (χ4v) is 3.44. The summed E-state index contributed by atoms with van der Waals surface area (Å²) in [5.41, 5.74) is 2.90. The predicted octanol–water partition coefficient (Wildman–Crippen LogP) is 3.17. The number of rotatable bonds is 5. The first-order valence-corrected chi connectivity index (χ1v) is 8.16. The molecular weight excluding hydrogens is 304 g/mol. The summed E-state index contributed by atoms with van der Waals surface area (Å²) in [6.07, 6.45) is 3.45. The molecule has 0 bridgehead atoms. The highest BCUT2D eigenvalue weighted by Crippen LogP contribution is 2.37. The second-order valence-corrected chi connectivity index (χ2v) is 6.25. The van der Waals surface area contributed by atoms with Crippen LogP contribution in [0.15, 0.2) is 51.5 Å². The summed E-state index contributed by atoms with van der Waals surface area (Å²) in [4.78, 5) is 4.53. The number of aryl methyl sites for hydroxylation is 2. The number of oxazole rings is 1. The van der Waals surface area contributed by atoms with Gasteiger partial charge in [0.05, 0.1) is 24.1 Å². The molecular formula is C19H20N2O3. The van der Waals surface area contributed by atoms with Gasteiger partial charge in [0.1, 0.15) is 5.76 Å². The average molecular weight is 324 g/mol. The van der Waals surface area contributed by atoms with Gasteiger partial charge >= 0.3 is 0 Å². The van der Waals surface area contributed by atoms with Crippen LogP contribution in [0.4, 0.5) is 0 Å². The third-order valence-corrected chi connectivity index (χ3v) is 4.84. The zero-order chi connectivity index (χ0) is 16.6. The summed E-state index contributed by atoms with van der Waals surface area (Å²) in [5, 5.41) is 13.6. The van der Waals surface area contributed by atoms with E-state index in [0.717, 1.165) is 24.3 Å². The zero-order valence-electron chi connectivity index (χ0n) is 13.6. The number of aromatic nitrogens is 1. The Morgan fingerprint density at radius 2 is 2.12 bits per heavy atom. The molecule has 0 amide bonds. The number of nitrogens with zero attached hydrogens (tertiary/aromatic N) is 1. The number of nitrogens with one attached hydrogen (secondary N) is 1. The van der Waals surface area contributed by atoms with Gasteiger partial charge in [-0.1, -0.05) is 24.3 Å². The lowest BCUT2D eigenvalue weighted by Gasteiger charge is -2.29. The molecule has 2 heterocycles. The molecule has 24 heavy (non-hydrogen) atoms. The summed E-state index contributed by atoms with van der Waals surface area (Å²) in [6.45, 7) is 2.49. The summed E-state index contributed by atoms with van der Waals surface area (Å²) in [7, 11) is 0. The van der Waals surface area contributed by atoms with Gasteiger partial charge in [-0.2, -0.15) is 0 Å². The van der Waals surface area contributed by atoms with E-state index in [4.69, 9.17) is 8.83 Å². The number of furan rings is 1. The molecule has 5 heteroatoms. The van der Waals surface area contributed by atoms with Gasteiger partial charge in [0, 0.05) is 6.54 Å². The van der Waals surface area contributed by atoms with Crippen molar-refractivity contribution in [1.82, 2.24) is 10.3 Å². The van der Waals surface area contributed by atoms with Gasteiger partial charge in [-0.15, -0.1) is 0 Å². The van der Waals surface area contributed by atoms with Crippen LogP contribution in [0.5, 0.6) is 0 Å². The number of hydrogen-bond acceptors (Lipinski definition) is 5. The van der Waals surface area contributed by atoms with Crippen LogP contribution in [0.3, 0.4) is 0 Å². The van der Waals surface area contributed by atoms with Gasteiger partial charge in [-0.25, -0.2) is 4.98 Å². The highest BCUT2D eigenvalue weighted by Gasteiger charge is 2.37. The summed E-state index contributed by atoms with van der Waals surface area (Å²) in [5.74, 6) is 1.86. The molecule has 0 radical (unpaired) electrons. The van der Waals surface area contributed by atoms with E-state index in [1.807, 2.05) is 31.2 Å². The van der Waals surface area contributed by atoms with Crippen LogP contribution in [0.2, 0.25) is 0 Å². The van der Waals surface area contributed by atoms with E-state index in [-0.39, 0.29) is 6.61 Å². The van der Waals surface area contributed by atoms with E-state index in [1.54, 1.807) is 6.26 Å². The Hall–Kier alpha value is -2.37. The number of fused-ring (bicyclic) bond motifs is 1. The molecule has 124 valence electrons. The van der Waals surface area contributed by atoms with Crippen molar-refractivity contribution in [2.24, 2.45) is 0 Å². The Bertz CT molecular complexity index is 838. The lowest BCUT2D eigenvalue weighted by molar-refractivity contribution is 0.158. The molecule has 2 aromatic heterocycles. The monoisotopic (exact) mass is 324 g/mol. The van der Waals surface area contributed by atoms with Crippen molar-refractivity contribution in [3.8, 4) is 11.7 Å². The van der Waals surface area contributed by atoms with E-state index in [0.29, 0.717) is 18.2 Å². The van der Waals surface area contributed by atoms with Crippen molar-refractivity contribution in [2.75, 3.05) is 6.61 Å². The molecule has 1 aromatic carbocycles. The van der Waals surface area contributed by atoms with Gasteiger partial charge in [-0.05, 0) is 43.0 Å². The average Bonchev–Trinajstić information content (AvgIpc) is 3.32. The zero-order valence-corrected chi connectivity index (χ0v) is 13.6. The van der Waals surface area contributed by atoms with Crippen LogP contribution in [0, 0.1) is 6.92 Å². The van der Waals surface area contributed by atoms with E-state index in [9.17, 15) is 5.11 Å². The van der Waals surface area contributed by atoms with E-state index in [1.165, 1.54) is 11.1 Å². The third kappa shape index (κ3) is 2.46. The fourth-order valence-electron chi connectivity index (χ4n) is 3.44. The minimum absolute atomic E-state index is 0.0615. The Labute approximate surface area is 140 Å². The fraction of sp³-hybridized carbons (Fsp3) is 0.316. The van der Waals surface area contributed by atoms with Gasteiger partial charge in [0.15, 0.2) is 5.76 Å². The number of aliphatic hydroxyl groups is 1. The number of benzene rings is 1. The molecule has 3 aromatic rings. The second-order valence-electron chi connectivity index (χ2n) is 6.25. The summed E-state index contributed by atoms with van der Waals surface area (Å²) >= 11 is 0. The molecule has 5 nitrogen and oxygen atoms in total. The van der Waals surface area contributed by atoms with Crippen molar-refractivity contribution < 1.29 is 13.9 Å². The summed E-state index contributed by atoms with van der Waals surface area (Å²) < 4.78 is 11.0. The Kier molecular flexibility index (Phi) is 3.75. The Balaban J connectivity index is 1.57. The van der Waals surface area contributed by atoms with Crippen LogP contribution in [-0.4, -0.2) is 16.7 Å². The van der Waals surface area contributed by atoms with Crippen molar-refractivity contribution in [1.29, 1.82) is 0 Å². The normalized spacial score (nSPS) is 19.6. The molecule has 0 saturated carbocycles. The van der Waals surface area contributed by atoms with E-state index < -0.39 is 5.54 Å². The molecule has 0 saturated heterocycles. The Morgan fingerprint density at radius 3 is 2.92 bits per heavy atom. The van der Waals surface area contributed by atoms with Gasteiger partial charge in [0.25, 0.3) is 5.89 Å². The lowest BCUT2D eigenvalue weighted by atomic mass is 9.92. The standard InChI is InChI=1S/C19H20N2O3/c1-13-16(21-18(24-13)17-7-4-10-23-17)11-20-19(12-22)9-8-14-5-2-3-6-15(14)19/h2-7,10,20,22H,8-9,11-12H2,1H3. The molecule has 4 rings (SSSR count). The van der Waals surface area contributed by atoms with Crippen LogP contribution >= 0.6 is 0 Å². The van der Waals surface area contributed by atoms with Crippen LogP contribution in [0.1, 0.15) is 29.0 Å². The molecule has 0 spiro atoms. The highest BCUT2D eigenvalue weighted by molar-refractivity contribution is 5.45. The molecule has 1 unspecified atom stereocenters. The lowest BCUT2D eigenvalue weighted by Crippen LogP contribution is -2.43. The van der Waals surface area contributed by atoms with Gasteiger partial charge < -0.3 is 13.9 Å².